The van der Waals surface area contributed by atoms with Crippen molar-refractivity contribution in [3.05, 3.63) is 0 Å². The molecule has 0 aromatic heterocycles. The SMILES string of the molecule is CCS(=O)(=O)CCNC(=O)N[C@@H](CCSC)C(=O)O. The van der Waals surface area contributed by atoms with Crippen LogP contribution in [-0.2, 0) is 14.6 Å². The number of urea groups is 1. The molecule has 0 bridgehead atoms. The van der Waals surface area contributed by atoms with E-state index < -0.39 is 27.9 Å². The van der Waals surface area contributed by atoms with Crippen LogP contribution in [0.25, 0.3) is 0 Å². The van der Waals surface area contributed by atoms with Gasteiger partial charge >= 0.3 is 12.0 Å². The first kappa shape index (κ1) is 18.0. The van der Waals surface area contributed by atoms with Gasteiger partial charge in [0.05, 0.1) is 5.75 Å². The number of carboxylic acid groups (broad SMARTS) is 1. The number of carbonyl (C=O) groups is 2. The highest BCUT2D eigenvalue weighted by molar-refractivity contribution is 7.98. The third-order valence-electron chi connectivity index (χ3n) is 2.35. The van der Waals surface area contributed by atoms with Crippen LogP contribution in [0.3, 0.4) is 0 Å². The maximum Gasteiger partial charge on any atom is 0.326 e. The van der Waals surface area contributed by atoms with Gasteiger partial charge < -0.3 is 15.7 Å². The molecule has 0 aliphatic heterocycles. The van der Waals surface area contributed by atoms with Gasteiger partial charge in [0.2, 0.25) is 0 Å². The van der Waals surface area contributed by atoms with Crippen LogP contribution in [0.5, 0.6) is 0 Å². The van der Waals surface area contributed by atoms with E-state index in [0.29, 0.717) is 12.2 Å². The van der Waals surface area contributed by atoms with E-state index in [4.69, 9.17) is 5.11 Å². The van der Waals surface area contributed by atoms with Gasteiger partial charge in [0, 0.05) is 12.3 Å². The lowest BCUT2D eigenvalue weighted by molar-refractivity contribution is -0.139. The molecule has 0 aliphatic carbocycles. The molecule has 112 valence electrons. The molecule has 9 heteroatoms. The first-order chi connectivity index (χ1) is 8.82. The van der Waals surface area contributed by atoms with Crippen LogP contribution in [0.2, 0.25) is 0 Å². The molecule has 2 amide bonds. The lowest BCUT2D eigenvalue weighted by atomic mass is 10.2. The largest absolute Gasteiger partial charge is 0.480 e. The zero-order valence-corrected chi connectivity index (χ0v) is 12.6. The van der Waals surface area contributed by atoms with Crippen molar-refractivity contribution in [3.8, 4) is 0 Å². The predicted octanol–water partition coefficient (Wildman–Crippen LogP) is -0.0734. The normalized spacial score (nSPS) is 12.7. The van der Waals surface area contributed by atoms with Gasteiger partial charge in [-0.05, 0) is 18.4 Å². The Balaban J connectivity index is 4.10. The number of thioether (sulfide) groups is 1. The Morgan fingerprint density at radius 1 is 1.37 bits per heavy atom. The average Bonchev–Trinajstić information content (AvgIpc) is 2.33. The Morgan fingerprint density at radius 2 is 2.00 bits per heavy atom. The first-order valence-electron chi connectivity index (χ1n) is 5.79. The molecule has 0 aromatic carbocycles. The monoisotopic (exact) mass is 312 g/mol. The highest BCUT2D eigenvalue weighted by Gasteiger charge is 2.19. The molecule has 0 saturated heterocycles. The molecule has 0 fully saturated rings. The Hall–Kier alpha value is -0.960. The van der Waals surface area contributed by atoms with Gasteiger partial charge in [-0.15, -0.1) is 0 Å². The van der Waals surface area contributed by atoms with Crippen LogP contribution in [0.1, 0.15) is 13.3 Å². The van der Waals surface area contributed by atoms with E-state index in [9.17, 15) is 18.0 Å². The summed E-state index contributed by atoms with van der Waals surface area (Å²) in [5.74, 6) is -0.631. The predicted molar refractivity (Wildman–Crippen MR) is 75.3 cm³/mol. The number of sulfone groups is 1. The molecule has 3 N–H and O–H groups in total. The van der Waals surface area contributed by atoms with Crippen LogP contribution < -0.4 is 10.6 Å². The summed E-state index contributed by atoms with van der Waals surface area (Å²) in [5, 5.41) is 13.5. The molecular formula is C10H20N2O5S2. The minimum Gasteiger partial charge on any atom is -0.480 e. The third kappa shape index (κ3) is 8.71. The van der Waals surface area contributed by atoms with Crippen molar-refractivity contribution in [1.29, 1.82) is 0 Å². The summed E-state index contributed by atoms with van der Waals surface area (Å²) >= 11 is 1.48. The second kappa shape index (κ2) is 9.03. The fourth-order valence-electron chi connectivity index (χ4n) is 1.17. The smallest absolute Gasteiger partial charge is 0.326 e. The molecule has 0 unspecified atom stereocenters. The lowest BCUT2D eigenvalue weighted by Gasteiger charge is -2.14. The second-order valence-corrected chi connectivity index (χ2v) is 7.27. The summed E-state index contributed by atoms with van der Waals surface area (Å²) in [6.07, 6.45) is 2.16. The van der Waals surface area contributed by atoms with Crippen molar-refractivity contribution in [2.45, 2.75) is 19.4 Å². The van der Waals surface area contributed by atoms with E-state index >= 15 is 0 Å². The maximum absolute atomic E-state index is 11.4. The molecule has 0 radical (unpaired) electrons. The molecule has 19 heavy (non-hydrogen) atoms. The average molecular weight is 312 g/mol. The van der Waals surface area contributed by atoms with Gasteiger partial charge in [0.25, 0.3) is 0 Å². The molecule has 7 nitrogen and oxygen atoms in total. The van der Waals surface area contributed by atoms with Gasteiger partial charge in [-0.2, -0.15) is 11.8 Å². The zero-order chi connectivity index (χ0) is 14.9. The van der Waals surface area contributed by atoms with Gasteiger partial charge in [-0.3, -0.25) is 0 Å². The number of nitrogens with one attached hydrogen (secondary N) is 2. The van der Waals surface area contributed by atoms with Crippen molar-refractivity contribution in [2.24, 2.45) is 0 Å². The summed E-state index contributed by atoms with van der Waals surface area (Å²) in [5.41, 5.74) is 0. The lowest BCUT2D eigenvalue weighted by Crippen LogP contribution is -2.47. The number of aliphatic carboxylic acids is 1. The van der Waals surface area contributed by atoms with Gasteiger partial charge in [0.1, 0.15) is 6.04 Å². The van der Waals surface area contributed by atoms with Crippen molar-refractivity contribution in [1.82, 2.24) is 10.6 Å². The minimum absolute atomic E-state index is 0.0156. The van der Waals surface area contributed by atoms with Gasteiger partial charge in [-0.1, -0.05) is 6.92 Å². The second-order valence-electron chi connectivity index (χ2n) is 3.81. The van der Waals surface area contributed by atoms with Crippen LogP contribution >= 0.6 is 11.8 Å². The Bertz CT molecular complexity index is 397. The number of carboxylic acids is 1. The number of amides is 2. The third-order valence-corrected chi connectivity index (χ3v) is 4.70. The highest BCUT2D eigenvalue weighted by Crippen LogP contribution is 2.00. The van der Waals surface area contributed by atoms with E-state index in [2.05, 4.69) is 10.6 Å². The van der Waals surface area contributed by atoms with E-state index in [1.165, 1.54) is 18.7 Å². The maximum atomic E-state index is 11.4. The fourth-order valence-corrected chi connectivity index (χ4v) is 2.34. The minimum atomic E-state index is -3.14. The van der Waals surface area contributed by atoms with Gasteiger partial charge in [-0.25, -0.2) is 18.0 Å². The van der Waals surface area contributed by atoms with Crippen LogP contribution in [0, 0.1) is 0 Å². The summed E-state index contributed by atoms with van der Waals surface area (Å²) in [7, 11) is -3.14. The van der Waals surface area contributed by atoms with Crippen molar-refractivity contribution in [2.75, 3.05) is 30.1 Å². The van der Waals surface area contributed by atoms with Crippen molar-refractivity contribution >= 4 is 33.6 Å². The van der Waals surface area contributed by atoms with Gasteiger partial charge in [0.15, 0.2) is 9.84 Å². The molecule has 0 aliphatic rings. The quantitative estimate of drug-likeness (QED) is 0.549. The van der Waals surface area contributed by atoms with Crippen LogP contribution in [0.15, 0.2) is 0 Å². The number of hydrogen-bond acceptors (Lipinski definition) is 5. The van der Waals surface area contributed by atoms with Crippen molar-refractivity contribution < 1.29 is 23.1 Å². The number of carbonyl (C=O) groups excluding carboxylic acids is 1. The zero-order valence-electron chi connectivity index (χ0n) is 11.0. The van der Waals surface area contributed by atoms with Crippen molar-refractivity contribution in [3.63, 3.8) is 0 Å². The van der Waals surface area contributed by atoms with Crippen LogP contribution in [-0.4, -0.2) is 61.6 Å². The molecule has 0 saturated carbocycles. The fraction of sp³-hybridized carbons (Fsp3) is 0.800. The molecular weight excluding hydrogens is 292 g/mol. The molecule has 0 rings (SSSR count). The molecule has 0 heterocycles. The van der Waals surface area contributed by atoms with E-state index in [1.807, 2.05) is 6.26 Å². The molecule has 0 spiro atoms. The van der Waals surface area contributed by atoms with E-state index in [1.54, 1.807) is 0 Å². The molecule has 1 atom stereocenters. The summed E-state index contributed by atoms with van der Waals surface area (Å²) < 4.78 is 22.4. The topological polar surface area (TPSA) is 113 Å². The Morgan fingerprint density at radius 3 is 2.47 bits per heavy atom. The number of rotatable bonds is 9. The Labute approximate surface area is 117 Å². The Kier molecular flexibility index (Phi) is 8.57. The standard InChI is InChI=1S/C10H20N2O5S2/c1-3-19(16,17)7-5-11-10(15)12-8(9(13)14)4-6-18-2/h8H,3-7H2,1-2H3,(H,13,14)(H2,11,12,15)/t8-/m0/s1. The summed E-state index contributed by atoms with van der Waals surface area (Å²) in [6, 6.07) is -1.63. The summed E-state index contributed by atoms with van der Waals surface area (Å²) in [4.78, 5) is 22.3. The molecule has 0 aromatic rings. The van der Waals surface area contributed by atoms with E-state index in [0.717, 1.165) is 0 Å². The highest BCUT2D eigenvalue weighted by atomic mass is 32.2. The summed E-state index contributed by atoms with van der Waals surface area (Å²) in [6.45, 7) is 1.50. The first-order valence-corrected chi connectivity index (χ1v) is 9.00. The van der Waals surface area contributed by atoms with Crippen LogP contribution in [0.4, 0.5) is 4.79 Å². The van der Waals surface area contributed by atoms with E-state index in [-0.39, 0.29) is 18.1 Å². The number of hydrogen-bond donors (Lipinski definition) is 3.